The van der Waals surface area contributed by atoms with Crippen molar-refractivity contribution < 1.29 is 490 Å². The fraction of sp³-hybridized carbons (Fsp3) is 0. The van der Waals surface area contributed by atoms with Gasteiger partial charge in [0.2, 0.25) is 0 Å². The van der Waals surface area contributed by atoms with Gasteiger partial charge in [0.15, 0.2) is 0 Å². The van der Waals surface area contributed by atoms with E-state index < -0.39 is 0 Å². The van der Waals surface area contributed by atoms with E-state index in [1.165, 1.54) is 0 Å². The van der Waals surface area contributed by atoms with Crippen LogP contribution in [0.4, 0.5) is 0 Å². The third-order valence-electron chi connectivity index (χ3n) is 0. The Morgan fingerprint density at radius 2 is 1.07 bits per heavy atom. The van der Waals surface area contributed by atoms with Gasteiger partial charge in [0, 0.05) is 410 Å². The largest absolute Gasteiger partial charge is 1.00 e. The molecule has 0 aliphatic rings. The molecule has 0 bridgehead atoms. The van der Waals surface area contributed by atoms with Crippen molar-refractivity contribution in [3.05, 3.63) is 0 Å². The quantitative estimate of drug-likeness (QED) is 0.213. The third kappa shape index (κ3) is 79.8. The second kappa shape index (κ2) is 88.9. The summed E-state index contributed by atoms with van der Waals surface area (Å²) in [6, 6.07) is 0. The van der Waals surface area contributed by atoms with Gasteiger partial charge in [-0.05, 0) is 0 Å². The van der Waals surface area contributed by atoms with Crippen LogP contribution in [0.2, 0.25) is 0 Å². The molecule has 0 atom stereocenters. The van der Waals surface area contributed by atoms with E-state index in [0.29, 0.717) is 0 Å². The van der Waals surface area contributed by atoms with E-state index in [9.17, 15) is 0 Å². The average molecular weight is 1740 g/mol. The molecule has 0 heterocycles. The van der Waals surface area contributed by atoms with Crippen molar-refractivity contribution in [3.63, 3.8) is 0 Å². The molecule has 0 aromatic carbocycles. The van der Waals surface area contributed by atoms with Gasteiger partial charge in [0.05, 0.1) is 0 Å². The zero-order chi connectivity index (χ0) is 0. The average Bonchev–Trinajstić information content (AvgIpc) is 0. The van der Waals surface area contributed by atoms with Crippen LogP contribution in [0, 0.1) is 319 Å². The van der Waals surface area contributed by atoms with Crippen LogP contribution in [-0.4, -0.2) is 0 Å². The van der Waals surface area contributed by atoms with Crippen LogP contribution in [0.15, 0.2) is 0 Å². The van der Waals surface area contributed by atoms with Gasteiger partial charge >= 0.3 is 77.0 Å². The maximum absolute atomic E-state index is 0. The van der Waals surface area contributed by atoms with E-state index in [0.717, 1.165) is 0 Å². The molecule has 96 valence electrons. The van der Waals surface area contributed by atoms with Crippen molar-refractivity contribution >= 4 is 0 Å². The fourth-order valence-electron chi connectivity index (χ4n) is 0. The van der Waals surface area contributed by atoms with Crippen LogP contribution in [0.25, 0.3) is 0 Å². The molecule has 0 saturated heterocycles. The van der Waals surface area contributed by atoms with Crippen LogP contribution in [-0.2, 0) is 91.1 Å². The zero-order valence-corrected chi connectivity index (χ0v) is 38.4. The SMILES string of the molecule is [Cr].[Dy].[Er].[Eu].[H-].[H-].[Hf].[Ho].[Li+].[Lu].[Nd].[Rb+].[Sm].[Tb].[Ti].[Zr]. The molecule has 0 aromatic rings. The maximum Gasteiger partial charge on any atom is 1.00 e. The summed E-state index contributed by atoms with van der Waals surface area (Å²) in [7, 11) is 0. The van der Waals surface area contributed by atoms with E-state index in [2.05, 4.69) is 0 Å². The molecule has 0 aromatic heterocycles. The molecule has 0 N–H and O–H groups in total. The summed E-state index contributed by atoms with van der Waals surface area (Å²) in [4.78, 5) is 0. The summed E-state index contributed by atoms with van der Waals surface area (Å²) in [5.74, 6) is 0. The molecule has 0 amide bonds. The van der Waals surface area contributed by atoms with Crippen molar-refractivity contribution in [1.82, 2.24) is 0 Å². The topological polar surface area (TPSA) is 0 Å². The minimum absolute atomic E-state index is 0. The van der Waals surface area contributed by atoms with Crippen LogP contribution in [0.1, 0.15) is 2.85 Å². The van der Waals surface area contributed by atoms with E-state index in [-0.39, 0.29) is 490 Å². The van der Waals surface area contributed by atoms with E-state index >= 15 is 0 Å². The number of hydrogen-bond donors (Lipinski definition) is 0. The second-order valence-corrected chi connectivity index (χ2v) is 0. The predicted octanol–water partition coefficient (Wildman–Crippen LogP) is -5.78. The number of rotatable bonds is 0. The van der Waals surface area contributed by atoms with E-state index in [4.69, 9.17) is 0 Å². The smallest absolute Gasteiger partial charge is 1.00 e. The Bertz CT molecular complexity index is 62.0. The molecule has 0 saturated carbocycles. The first-order valence-electron chi connectivity index (χ1n) is 0. The molecule has 0 nitrogen and oxygen atoms in total. The van der Waals surface area contributed by atoms with Crippen molar-refractivity contribution in [3.8, 4) is 0 Å². The molecule has 0 rings (SSSR count). The minimum atomic E-state index is 0. The predicted molar refractivity (Wildman–Crippen MR) is 2.22 cm³/mol. The molecule has 0 aliphatic carbocycles. The summed E-state index contributed by atoms with van der Waals surface area (Å²) in [5.41, 5.74) is 0. The maximum atomic E-state index is 0. The van der Waals surface area contributed by atoms with Crippen molar-refractivity contribution in [2.24, 2.45) is 0 Å². The van der Waals surface area contributed by atoms with Crippen LogP contribution in [0.5, 0.6) is 0 Å². The molecule has 14 heteroatoms. The first kappa shape index (κ1) is 98.6. The molecule has 14 heavy (non-hydrogen) atoms. The molecule has 0 spiro atoms. The van der Waals surface area contributed by atoms with Gasteiger partial charge in [-0.25, -0.2) is 0 Å². The standard InChI is InChI=1S/Cr.Dy.Er.Eu.Hf.Ho.Li.Lu.Nd.Rb.Sm.Tb.Ti.Zr.2H/q;;;;;;+1;;;+1;;;;;2*-1. The molecule has 0 unspecified atom stereocenters. The van der Waals surface area contributed by atoms with Crippen molar-refractivity contribution in [2.45, 2.75) is 0 Å². The molecule has 4 radical (unpaired) electrons. The van der Waals surface area contributed by atoms with Gasteiger partial charge in [-0.2, -0.15) is 0 Å². The fourth-order valence-corrected chi connectivity index (χ4v) is 0. The summed E-state index contributed by atoms with van der Waals surface area (Å²) in [6.45, 7) is 0. The van der Waals surface area contributed by atoms with Crippen molar-refractivity contribution in [1.29, 1.82) is 0 Å². The monoisotopic (exact) mass is 1740 g/mol. The Morgan fingerprint density at radius 1 is 1.07 bits per heavy atom. The Labute approximate surface area is 471 Å². The molecule has 0 fully saturated rings. The molecule has 0 aliphatic heterocycles. The van der Waals surface area contributed by atoms with Gasteiger partial charge in [-0.3, -0.25) is 0 Å². The Kier molecular flexibility index (Phi) is 626. The first-order chi connectivity index (χ1) is 0. The van der Waals surface area contributed by atoms with E-state index in [1.54, 1.807) is 0 Å². The third-order valence-corrected chi connectivity index (χ3v) is 0. The first-order valence-corrected chi connectivity index (χ1v) is 0. The summed E-state index contributed by atoms with van der Waals surface area (Å²) < 4.78 is 0. The minimum Gasteiger partial charge on any atom is -1.00 e. The Morgan fingerprint density at radius 3 is 1.07 bits per heavy atom. The van der Waals surface area contributed by atoms with Crippen molar-refractivity contribution in [2.75, 3.05) is 0 Å². The second-order valence-electron chi connectivity index (χ2n) is 0. The summed E-state index contributed by atoms with van der Waals surface area (Å²) in [5, 5.41) is 0. The van der Waals surface area contributed by atoms with Gasteiger partial charge < -0.3 is 2.85 Å². The summed E-state index contributed by atoms with van der Waals surface area (Å²) in [6.07, 6.45) is 0. The van der Waals surface area contributed by atoms with Gasteiger partial charge in [-0.1, -0.05) is 0 Å². The van der Waals surface area contributed by atoms with Crippen LogP contribution >= 0.6 is 0 Å². The number of hydrogen-bond acceptors (Lipinski definition) is 0. The zero-order valence-electron chi connectivity index (χ0n) is 8.69. The van der Waals surface area contributed by atoms with Crippen LogP contribution in [0.3, 0.4) is 0 Å². The normalized spacial score (nSPS) is 0. The van der Waals surface area contributed by atoms with Gasteiger partial charge in [0.25, 0.3) is 0 Å². The van der Waals surface area contributed by atoms with Crippen LogP contribution < -0.4 is 77.0 Å². The Hall–Kier alpha value is 16.0. The molecular formula is H2CrDyErEuHfHoLiLuNdRbSmTbTiZr. The summed E-state index contributed by atoms with van der Waals surface area (Å²) >= 11 is 0. The molecular weight excluding hydrogens is 1740 g/mol. The van der Waals surface area contributed by atoms with Gasteiger partial charge in [-0.15, -0.1) is 0 Å². The Balaban J connectivity index is 0. The van der Waals surface area contributed by atoms with Gasteiger partial charge in [0.1, 0.15) is 0 Å². The van der Waals surface area contributed by atoms with E-state index in [1.807, 2.05) is 0 Å².